The topological polar surface area (TPSA) is 65.0 Å². The standard InChI is InChI=1S/C13H16O.C10H12O.C9H14O2.C8H8O.C8H8/c1-2-6-12(7-3-1)10-11-14-13-8-4-5-9-13;1-2-11-9-8-10-6-4-3-5-7-10;1-2-9(10)11-8-6-4-3-5-7-8;1-2-7-3-5-8(9)6-4-7;1-2-8-6-4-3-5-7-8/h1-3,6-7,10-11,13H,4-5,8-9H2;3-9H,2H2,1H3;2,8H,1,3-7H2;2-6,9H,1H2;2-7H,1H2. The quantitative estimate of drug-likeness (QED) is 0.101. The summed E-state index contributed by atoms with van der Waals surface area (Å²) >= 11 is 0. The predicted molar refractivity (Wildman–Crippen MR) is 224 cm³/mol. The van der Waals surface area contributed by atoms with Crippen molar-refractivity contribution in [1.29, 1.82) is 0 Å². The van der Waals surface area contributed by atoms with Crippen molar-refractivity contribution in [2.45, 2.75) is 76.9 Å². The maximum atomic E-state index is 10.7. The van der Waals surface area contributed by atoms with Gasteiger partial charge in [-0.1, -0.05) is 141 Å². The number of benzene rings is 4. The first-order valence-electron chi connectivity index (χ1n) is 18.6. The molecule has 0 atom stereocenters. The lowest BCUT2D eigenvalue weighted by molar-refractivity contribution is -0.144. The van der Waals surface area contributed by atoms with Crippen LogP contribution in [0.4, 0.5) is 0 Å². The molecule has 4 aromatic carbocycles. The van der Waals surface area contributed by atoms with Gasteiger partial charge in [0, 0.05) is 6.08 Å². The van der Waals surface area contributed by atoms with Crippen molar-refractivity contribution in [1.82, 2.24) is 0 Å². The third-order valence-corrected chi connectivity index (χ3v) is 8.12. The average Bonchev–Trinajstić information content (AvgIpc) is 3.74. The van der Waals surface area contributed by atoms with E-state index in [0.29, 0.717) is 11.9 Å². The van der Waals surface area contributed by atoms with Crippen LogP contribution in [0.2, 0.25) is 0 Å². The Morgan fingerprint density at radius 3 is 1.49 bits per heavy atom. The van der Waals surface area contributed by atoms with Crippen molar-refractivity contribution in [2.24, 2.45) is 0 Å². The van der Waals surface area contributed by atoms with Gasteiger partial charge in [-0.05, 0) is 105 Å². The molecule has 280 valence electrons. The van der Waals surface area contributed by atoms with Crippen LogP contribution in [0.5, 0.6) is 5.75 Å². The first-order valence-corrected chi connectivity index (χ1v) is 18.6. The third-order valence-electron chi connectivity index (χ3n) is 8.12. The molecule has 0 unspecified atom stereocenters. The first-order chi connectivity index (χ1) is 26.0. The molecule has 5 heteroatoms. The van der Waals surface area contributed by atoms with Gasteiger partial charge in [-0.15, -0.1) is 0 Å². The van der Waals surface area contributed by atoms with Crippen LogP contribution >= 0.6 is 0 Å². The fourth-order valence-corrected chi connectivity index (χ4v) is 5.20. The number of carbonyl (C=O) groups excluding carboxylic acids is 1. The van der Waals surface area contributed by atoms with E-state index in [1.807, 2.05) is 122 Å². The smallest absolute Gasteiger partial charge is 0.330 e. The molecule has 53 heavy (non-hydrogen) atoms. The zero-order valence-corrected chi connectivity index (χ0v) is 31.4. The molecule has 4 aromatic rings. The van der Waals surface area contributed by atoms with Crippen LogP contribution in [0.1, 0.15) is 87.0 Å². The maximum Gasteiger partial charge on any atom is 0.330 e. The number of hydrogen-bond acceptors (Lipinski definition) is 5. The Morgan fingerprint density at radius 2 is 1.04 bits per heavy atom. The van der Waals surface area contributed by atoms with Crippen LogP contribution in [-0.4, -0.2) is 29.9 Å². The lowest BCUT2D eigenvalue weighted by atomic mass is 9.98. The van der Waals surface area contributed by atoms with Crippen LogP contribution in [0.15, 0.2) is 154 Å². The lowest BCUT2D eigenvalue weighted by Crippen LogP contribution is -2.19. The Balaban J connectivity index is 0.000000232. The molecule has 0 spiro atoms. The molecular formula is C48H58O5. The van der Waals surface area contributed by atoms with Crippen molar-refractivity contribution in [3.63, 3.8) is 0 Å². The van der Waals surface area contributed by atoms with Gasteiger partial charge in [-0.3, -0.25) is 0 Å². The number of aromatic hydroxyl groups is 1. The minimum absolute atomic E-state index is 0.161. The number of rotatable bonds is 10. The molecule has 0 saturated heterocycles. The largest absolute Gasteiger partial charge is 0.508 e. The number of phenolic OH excluding ortho intramolecular Hbond substituents is 1. The number of esters is 1. The molecule has 0 aliphatic heterocycles. The van der Waals surface area contributed by atoms with E-state index in [0.717, 1.165) is 25.0 Å². The van der Waals surface area contributed by atoms with E-state index in [9.17, 15) is 4.79 Å². The summed E-state index contributed by atoms with van der Waals surface area (Å²) < 4.78 is 15.8. The minimum atomic E-state index is -0.281. The maximum absolute atomic E-state index is 10.7. The summed E-state index contributed by atoms with van der Waals surface area (Å²) in [4.78, 5) is 10.7. The monoisotopic (exact) mass is 714 g/mol. The summed E-state index contributed by atoms with van der Waals surface area (Å²) in [7, 11) is 0. The van der Waals surface area contributed by atoms with Crippen molar-refractivity contribution >= 4 is 30.3 Å². The van der Waals surface area contributed by atoms with Gasteiger partial charge in [0.15, 0.2) is 0 Å². The summed E-state index contributed by atoms with van der Waals surface area (Å²) in [5.74, 6) is 0.0116. The highest BCUT2D eigenvalue weighted by Crippen LogP contribution is 2.21. The van der Waals surface area contributed by atoms with E-state index in [2.05, 4.69) is 31.9 Å². The molecule has 0 aromatic heterocycles. The van der Waals surface area contributed by atoms with Crippen LogP contribution in [0.25, 0.3) is 24.3 Å². The lowest BCUT2D eigenvalue weighted by Gasteiger charge is -2.20. The molecule has 2 saturated carbocycles. The molecule has 2 fully saturated rings. The first kappa shape index (κ1) is 43.6. The van der Waals surface area contributed by atoms with Gasteiger partial charge in [-0.2, -0.15) is 0 Å². The molecule has 1 N–H and O–H groups in total. The number of ether oxygens (including phenoxy) is 3. The SMILES string of the molecule is C(=Cc1ccccc1)OC1CCCC1.C=CC(=O)OC1CCCCC1.C=Cc1ccc(O)cc1.C=Cc1ccccc1.CCOC=Cc1ccccc1. The summed E-state index contributed by atoms with van der Waals surface area (Å²) in [6.45, 7) is 13.3. The Labute approximate surface area is 318 Å². The second-order valence-corrected chi connectivity index (χ2v) is 12.2. The van der Waals surface area contributed by atoms with E-state index < -0.39 is 0 Å². The zero-order valence-electron chi connectivity index (χ0n) is 31.4. The highest BCUT2D eigenvalue weighted by Gasteiger charge is 2.16. The molecule has 2 aliphatic rings. The van der Waals surface area contributed by atoms with Gasteiger partial charge in [0.05, 0.1) is 25.2 Å². The molecule has 0 radical (unpaired) electrons. The number of hydrogen-bond donors (Lipinski definition) is 1. The fourth-order valence-electron chi connectivity index (χ4n) is 5.20. The van der Waals surface area contributed by atoms with Gasteiger partial charge >= 0.3 is 5.97 Å². The van der Waals surface area contributed by atoms with E-state index in [-0.39, 0.29) is 12.1 Å². The number of carbonyl (C=O) groups is 1. The van der Waals surface area contributed by atoms with Crippen molar-refractivity contribution in [3.8, 4) is 5.75 Å². The molecule has 0 amide bonds. The zero-order chi connectivity index (χ0) is 38.2. The summed E-state index contributed by atoms with van der Waals surface area (Å²) in [6, 6.07) is 37.3. The van der Waals surface area contributed by atoms with E-state index >= 15 is 0 Å². The van der Waals surface area contributed by atoms with E-state index in [4.69, 9.17) is 19.3 Å². The Morgan fingerprint density at radius 1 is 0.604 bits per heavy atom. The van der Waals surface area contributed by atoms with E-state index in [1.165, 1.54) is 67.7 Å². The molecule has 5 nitrogen and oxygen atoms in total. The predicted octanol–water partition coefficient (Wildman–Crippen LogP) is 12.7. The van der Waals surface area contributed by atoms with Crippen LogP contribution in [0, 0.1) is 0 Å². The Kier molecular flexibility index (Phi) is 23.9. The molecule has 6 rings (SSSR count). The fraction of sp³-hybridized carbons (Fsp3) is 0.271. The second-order valence-electron chi connectivity index (χ2n) is 12.2. The van der Waals surface area contributed by atoms with Gasteiger partial charge in [0.25, 0.3) is 0 Å². The second kappa shape index (κ2) is 29.1. The Bertz CT molecular complexity index is 1570. The van der Waals surface area contributed by atoms with Crippen LogP contribution in [-0.2, 0) is 19.0 Å². The number of phenols is 1. The molecule has 0 bridgehead atoms. The van der Waals surface area contributed by atoms with Crippen molar-refractivity contribution in [3.05, 3.63) is 176 Å². The van der Waals surface area contributed by atoms with Crippen molar-refractivity contribution in [2.75, 3.05) is 6.61 Å². The average molecular weight is 715 g/mol. The van der Waals surface area contributed by atoms with E-state index in [1.54, 1.807) is 24.5 Å². The highest BCUT2D eigenvalue weighted by atomic mass is 16.5. The normalized spacial score (nSPS) is 13.6. The van der Waals surface area contributed by atoms with Gasteiger partial charge < -0.3 is 19.3 Å². The summed E-state index contributed by atoms with van der Waals surface area (Å²) in [5, 5.41) is 8.82. The highest BCUT2D eigenvalue weighted by molar-refractivity contribution is 5.81. The minimum Gasteiger partial charge on any atom is -0.508 e. The van der Waals surface area contributed by atoms with Gasteiger partial charge in [0.2, 0.25) is 0 Å². The summed E-state index contributed by atoms with van der Waals surface area (Å²) in [5.41, 5.74) is 4.56. The molecular weight excluding hydrogens is 657 g/mol. The third kappa shape index (κ3) is 22.1. The summed E-state index contributed by atoms with van der Waals surface area (Å²) in [6.07, 6.45) is 23.8. The van der Waals surface area contributed by atoms with Crippen LogP contribution in [0.3, 0.4) is 0 Å². The molecule has 2 aliphatic carbocycles. The van der Waals surface area contributed by atoms with Gasteiger partial charge in [-0.25, -0.2) is 4.79 Å². The van der Waals surface area contributed by atoms with Crippen LogP contribution < -0.4 is 0 Å². The Hall–Kier alpha value is -5.55. The van der Waals surface area contributed by atoms with Crippen molar-refractivity contribution < 1.29 is 24.1 Å². The molecule has 0 heterocycles. The van der Waals surface area contributed by atoms with Gasteiger partial charge in [0.1, 0.15) is 11.9 Å².